The van der Waals surface area contributed by atoms with Crippen LogP contribution in [-0.2, 0) is 22.1 Å². The molecule has 2 aromatic carbocycles. The van der Waals surface area contributed by atoms with Crippen molar-refractivity contribution in [1.82, 2.24) is 0 Å². The first-order chi connectivity index (χ1) is 12.8. The van der Waals surface area contributed by atoms with E-state index in [2.05, 4.69) is 5.32 Å². The van der Waals surface area contributed by atoms with Crippen molar-refractivity contribution in [3.8, 4) is 5.75 Å². The number of anilines is 1. The number of carbonyl (C=O) groups is 2. The fourth-order valence-corrected chi connectivity index (χ4v) is 2.48. The predicted octanol–water partition coefficient (Wildman–Crippen LogP) is 3.66. The molecule has 0 radical (unpaired) electrons. The number of para-hydroxylation sites is 1. The van der Waals surface area contributed by atoms with E-state index in [0.29, 0.717) is 5.56 Å². The van der Waals surface area contributed by atoms with Crippen LogP contribution in [0.5, 0.6) is 5.75 Å². The van der Waals surface area contributed by atoms with Gasteiger partial charge >= 0.3 is 11.9 Å². The molecule has 0 heterocycles. The highest BCUT2D eigenvalue weighted by atomic mass is 19.3. The van der Waals surface area contributed by atoms with E-state index >= 15 is 0 Å². The monoisotopic (exact) mass is 379 g/mol. The van der Waals surface area contributed by atoms with Crippen LogP contribution < -0.4 is 10.1 Å². The molecule has 0 aliphatic carbocycles. The maximum atomic E-state index is 14.7. The zero-order valence-corrected chi connectivity index (χ0v) is 14.8. The van der Waals surface area contributed by atoms with Gasteiger partial charge in [0.25, 0.3) is 5.91 Å². The molecule has 0 spiro atoms. The van der Waals surface area contributed by atoms with Crippen molar-refractivity contribution >= 4 is 17.6 Å². The Bertz CT molecular complexity index is 839. The molecule has 0 fully saturated rings. The second-order valence-electron chi connectivity index (χ2n) is 5.61. The van der Waals surface area contributed by atoms with E-state index in [4.69, 9.17) is 14.6 Å². The van der Waals surface area contributed by atoms with Crippen molar-refractivity contribution in [1.29, 1.82) is 0 Å². The minimum Gasteiger partial charge on any atom is -0.493 e. The van der Waals surface area contributed by atoms with E-state index in [0.717, 1.165) is 12.1 Å². The second-order valence-corrected chi connectivity index (χ2v) is 5.61. The molecule has 2 rings (SSSR count). The van der Waals surface area contributed by atoms with E-state index in [1.165, 1.54) is 37.4 Å². The van der Waals surface area contributed by atoms with Crippen molar-refractivity contribution in [3.63, 3.8) is 0 Å². The first-order valence-electron chi connectivity index (χ1n) is 8.07. The van der Waals surface area contributed by atoms with E-state index < -0.39 is 23.4 Å². The lowest BCUT2D eigenvalue weighted by Crippen LogP contribution is -2.32. The molecule has 0 aliphatic rings. The number of aromatic carboxylic acids is 1. The standard InChI is InChI=1S/C19H19F2NO5/c1-3-27-16-7-5-4-6-15(16)19(20,21)18(25)22-14-9-12(11-26-2)8-13(10-14)17(23)24/h4-10H,3,11H2,1-2H3,(H,22,25)(H,23,24). The Morgan fingerprint density at radius 1 is 1.19 bits per heavy atom. The van der Waals surface area contributed by atoms with Gasteiger partial charge in [-0.25, -0.2) is 4.79 Å². The summed E-state index contributed by atoms with van der Waals surface area (Å²) >= 11 is 0. The largest absolute Gasteiger partial charge is 0.493 e. The second kappa shape index (κ2) is 8.59. The third-order valence-electron chi connectivity index (χ3n) is 3.62. The quantitative estimate of drug-likeness (QED) is 0.731. The van der Waals surface area contributed by atoms with Crippen LogP contribution in [0.15, 0.2) is 42.5 Å². The third-order valence-corrected chi connectivity index (χ3v) is 3.62. The lowest BCUT2D eigenvalue weighted by Gasteiger charge is -2.19. The zero-order valence-electron chi connectivity index (χ0n) is 14.8. The minimum atomic E-state index is -3.88. The Hall–Kier alpha value is -3.00. The molecule has 0 saturated heterocycles. The number of hydrogen-bond donors (Lipinski definition) is 2. The maximum Gasteiger partial charge on any atom is 0.353 e. The highest BCUT2D eigenvalue weighted by Crippen LogP contribution is 2.36. The van der Waals surface area contributed by atoms with Crippen molar-refractivity contribution in [2.75, 3.05) is 19.0 Å². The zero-order chi connectivity index (χ0) is 20.0. The van der Waals surface area contributed by atoms with Crippen molar-refractivity contribution in [2.45, 2.75) is 19.5 Å². The van der Waals surface area contributed by atoms with Crippen LogP contribution >= 0.6 is 0 Å². The molecule has 0 bridgehead atoms. The first-order valence-corrected chi connectivity index (χ1v) is 8.07. The van der Waals surface area contributed by atoms with E-state index in [9.17, 15) is 18.4 Å². The predicted molar refractivity (Wildman–Crippen MR) is 94.2 cm³/mol. The van der Waals surface area contributed by atoms with Crippen LogP contribution in [0.25, 0.3) is 0 Å². The van der Waals surface area contributed by atoms with E-state index in [1.54, 1.807) is 6.92 Å². The smallest absolute Gasteiger partial charge is 0.353 e. The van der Waals surface area contributed by atoms with Crippen LogP contribution in [0.3, 0.4) is 0 Å². The lowest BCUT2D eigenvalue weighted by molar-refractivity contribution is -0.141. The topological polar surface area (TPSA) is 84.9 Å². The number of hydrogen-bond acceptors (Lipinski definition) is 4. The number of halogens is 2. The Balaban J connectivity index is 2.34. The van der Waals surface area contributed by atoms with Gasteiger partial charge in [0.05, 0.1) is 24.3 Å². The van der Waals surface area contributed by atoms with Crippen molar-refractivity contribution in [2.24, 2.45) is 0 Å². The third kappa shape index (κ3) is 4.79. The highest BCUT2D eigenvalue weighted by Gasteiger charge is 2.43. The maximum absolute atomic E-state index is 14.7. The molecular formula is C19H19F2NO5. The number of carboxylic acid groups (broad SMARTS) is 1. The Morgan fingerprint density at radius 2 is 1.89 bits per heavy atom. The number of benzene rings is 2. The van der Waals surface area contributed by atoms with Gasteiger partial charge in [-0.1, -0.05) is 12.1 Å². The van der Waals surface area contributed by atoms with Gasteiger partial charge < -0.3 is 19.9 Å². The summed E-state index contributed by atoms with van der Waals surface area (Å²) in [4.78, 5) is 23.5. The molecule has 27 heavy (non-hydrogen) atoms. The molecular weight excluding hydrogens is 360 g/mol. The normalized spacial score (nSPS) is 11.1. The summed E-state index contributed by atoms with van der Waals surface area (Å²) in [5, 5.41) is 11.2. The Kier molecular flexibility index (Phi) is 6.46. The molecule has 0 unspecified atom stereocenters. The van der Waals surface area contributed by atoms with Gasteiger partial charge in [-0.3, -0.25) is 4.79 Å². The highest BCUT2D eigenvalue weighted by molar-refractivity contribution is 5.98. The number of nitrogens with one attached hydrogen (secondary N) is 1. The minimum absolute atomic E-state index is 0.0631. The summed E-state index contributed by atoms with van der Waals surface area (Å²) in [6.45, 7) is 1.87. The Labute approximate surface area is 154 Å². The number of alkyl halides is 2. The number of ether oxygens (including phenoxy) is 2. The van der Waals surface area contributed by atoms with Gasteiger partial charge in [0.1, 0.15) is 5.75 Å². The van der Waals surface area contributed by atoms with Gasteiger partial charge in [-0.05, 0) is 42.8 Å². The summed E-state index contributed by atoms with van der Waals surface area (Å²) in [7, 11) is 1.41. The summed E-state index contributed by atoms with van der Waals surface area (Å²) < 4.78 is 39.5. The molecule has 144 valence electrons. The Morgan fingerprint density at radius 3 is 2.52 bits per heavy atom. The molecule has 2 N–H and O–H groups in total. The summed E-state index contributed by atoms with van der Waals surface area (Å²) in [6.07, 6.45) is 0. The van der Waals surface area contributed by atoms with Crippen molar-refractivity contribution < 1.29 is 33.0 Å². The fraction of sp³-hybridized carbons (Fsp3) is 0.263. The van der Waals surface area contributed by atoms with Gasteiger partial charge in [0.2, 0.25) is 0 Å². The molecule has 0 aromatic heterocycles. The summed E-state index contributed by atoms with van der Waals surface area (Å²) in [6, 6.07) is 9.17. The van der Waals surface area contributed by atoms with Gasteiger partial charge in [-0.15, -0.1) is 0 Å². The van der Waals surface area contributed by atoms with Crippen LogP contribution in [0.2, 0.25) is 0 Å². The first kappa shape index (κ1) is 20.3. The average Bonchev–Trinajstić information content (AvgIpc) is 2.62. The number of amides is 1. The van der Waals surface area contributed by atoms with Crippen molar-refractivity contribution in [3.05, 3.63) is 59.2 Å². The number of rotatable bonds is 8. The molecule has 6 nitrogen and oxygen atoms in total. The molecule has 1 amide bonds. The lowest BCUT2D eigenvalue weighted by atomic mass is 10.1. The van der Waals surface area contributed by atoms with Crippen LogP contribution in [-0.4, -0.2) is 30.7 Å². The number of carbonyl (C=O) groups excluding carboxylic acids is 1. The molecule has 0 saturated carbocycles. The van der Waals surface area contributed by atoms with Gasteiger partial charge in [-0.2, -0.15) is 8.78 Å². The van der Waals surface area contributed by atoms with Gasteiger partial charge in [0, 0.05) is 12.8 Å². The van der Waals surface area contributed by atoms with E-state index in [1.807, 2.05) is 0 Å². The molecule has 2 aromatic rings. The van der Waals surface area contributed by atoms with Crippen LogP contribution in [0.4, 0.5) is 14.5 Å². The van der Waals surface area contributed by atoms with Crippen LogP contribution in [0.1, 0.15) is 28.4 Å². The average molecular weight is 379 g/mol. The summed E-state index contributed by atoms with van der Waals surface area (Å²) in [5.74, 6) is -6.83. The fourth-order valence-electron chi connectivity index (χ4n) is 2.48. The number of methoxy groups -OCH3 is 1. The summed E-state index contributed by atoms with van der Waals surface area (Å²) in [5.41, 5.74) is -0.375. The molecule has 0 atom stereocenters. The molecule has 0 aliphatic heterocycles. The van der Waals surface area contributed by atoms with E-state index in [-0.39, 0.29) is 30.2 Å². The molecule has 8 heteroatoms. The SMILES string of the molecule is CCOc1ccccc1C(F)(F)C(=O)Nc1cc(COC)cc(C(=O)O)c1. The van der Waals surface area contributed by atoms with Gasteiger partial charge in [0.15, 0.2) is 0 Å². The number of carboxylic acids is 1. The van der Waals surface area contributed by atoms with Crippen LogP contribution in [0, 0.1) is 0 Å².